The second-order valence-electron chi connectivity index (χ2n) is 6.69. The van der Waals surface area contributed by atoms with Gasteiger partial charge in [-0.05, 0) is 30.5 Å². The predicted molar refractivity (Wildman–Crippen MR) is 100 cm³/mol. The molecule has 4 nitrogen and oxygen atoms in total. The van der Waals surface area contributed by atoms with E-state index in [0.29, 0.717) is 6.04 Å². The molecule has 2 aromatic rings. The van der Waals surface area contributed by atoms with Gasteiger partial charge >= 0.3 is 0 Å². The Morgan fingerprint density at radius 2 is 1.76 bits per heavy atom. The monoisotopic (exact) mass is 338 g/mol. The van der Waals surface area contributed by atoms with Crippen LogP contribution in [0.25, 0.3) is 0 Å². The zero-order valence-corrected chi connectivity index (χ0v) is 14.6. The molecule has 2 aromatic carbocycles. The van der Waals surface area contributed by atoms with Crippen molar-refractivity contribution in [2.75, 3.05) is 37.8 Å². The molecule has 2 aliphatic heterocycles. The molecule has 4 rings (SSSR count). The first-order chi connectivity index (χ1) is 12.4. The fourth-order valence-electron chi connectivity index (χ4n) is 3.74. The van der Waals surface area contributed by atoms with E-state index < -0.39 is 0 Å². The molecule has 1 atom stereocenters. The van der Waals surface area contributed by atoms with Crippen LogP contribution < -0.4 is 15.0 Å². The molecule has 132 valence electrons. The predicted octanol–water partition coefficient (Wildman–Crippen LogP) is 3.53. The molecule has 1 fully saturated rings. The van der Waals surface area contributed by atoms with Crippen molar-refractivity contribution in [1.29, 1.82) is 0 Å². The van der Waals surface area contributed by atoms with E-state index in [1.165, 1.54) is 16.8 Å². The summed E-state index contributed by atoms with van der Waals surface area (Å²) < 4.78 is 11.4. The quantitative estimate of drug-likeness (QED) is 0.925. The van der Waals surface area contributed by atoms with Crippen LogP contribution in [0.3, 0.4) is 0 Å². The Balaban J connectivity index is 1.50. The lowest BCUT2D eigenvalue weighted by atomic mass is 10.0. The second kappa shape index (κ2) is 7.89. The number of hydrogen-bond acceptors (Lipinski definition) is 4. The molecule has 0 amide bonds. The molecule has 25 heavy (non-hydrogen) atoms. The number of hydrogen-bond donors (Lipinski definition) is 1. The Kier molecular flexibility index (Phi) is 5.19. The van der Waals surface area contributed by atoms with Crippen molar-refractivity contribution in [1.82, 2.24) is 5.32 Å². The fourth-order valence-corrected chi connectivity index (χ4v) is 3.74. The number of nitrogens with one attached hydrogen (secondary N) is 1. The minimum absolute atomic E-state index is 0.344. The first-order valence-corrected chi connectivity index (χ1v) is 9.27. The maximum absolute atomic E-state index is 5.89. The lowest BCUT2D eigenvalue weighted by molar-refractivity contribution is 0.122. The minimum Gasteiger partial charge on any atom is -0.493 e. The van der Waals surface area contributed by atoms with Gasteiger partial charge in [-0.25, -0.2) is 0 Å². The summed E-state index contributed by atoms with van der Waals surface area (Å²) in [5.74, 6) is 1.03. The van der Waals surface area contributed by atoms with Crippen molar-refractivity contribution in [3.05, 3.63) is 59.7 Å². The summed E-state index contributed by atoms with van der Waals surface area (Å²) in [6.45, 7) is 5.24. The summed E-state index contributed by atoms with van der Waals surface area (Å²) in [6.07, 6.45) is 2.19. The Morgan fingerprint density at radius 1 is 0.960 bits per heavy atom. The summed E-state index contributed by atoms with van der Waals surface area (Å²) in [5, 5.41) is 3.78. The zero-order chi connectivity index (χ0) is 16.9. The van der Waals surface area contributed by atoms with Crippen LogP contribution in [-0.2, 0) is 11.3 Å². The molecule has 1 N–H and O–H groups in total. The highest BCUT2D eigenvalue weighted by Crippen LogP contribution is 2.32. The van der Waals surface area contributed by atoms with Gasteiger partial charge in [-0.2, -0.15) is 0 Å². The van der Waals surface area contributed by atoms with E-state index >= 15 is 0 Å². The molecule has 4 heteroatoms. The molecule has 0 radical (unpaired) electrons. The lowest BCUT2D eigenvalue weighted by Crippen LogP contribution is -2.37. The van der Waals surface area contributed by atoms with Crippen LogP contribution in [0.1, 0.15) is 30.0 Å². The Bertz CT molecular complexity index is 698. The standard InChI is InChI=1S/C21H26N2O2/c1-3-9-20(23-11-14-24-15-12-23)17(6-1)16-22-19-8-5-13-25-21-10-4-2-7-18(19)21/h1-4,6-7,9-10,19,22H,5,8,11-16H2. The molecule has 0 aliphatic carbocycles. The van der Waals surface area contributed by atoms with Crippen LogP contribution in [0, 0.1) is 0 Å². The van der Waals surface area contributed by atoms with Gasteiger partial charge < -0.3 is 19.7 Å². The van der Waals surface area contributed by atoms with Gasteiger partial charge in [0.05, 0.1) is 19.8 Å². The first kappa shape index (κ1) is 16.4. The van der Waals surface area contributed by atoms with E-state index in [4.69, 9.17) is 9.47 Å². The van der Waals surface area contributed by atoms with Crippen LogP contribution in [0.15, 0.2) is 48.5 Å². The van der Waals surface area contributed by atoms with Gasteiger partial charge in [0.2, 0.25) is 0 Å². The van der Waals surface area contributed by atoms with E-state index in [9.17, 15) is 0 Å². The highest BCUT2D eigenvalue weighted by atomic mass is 16.5. The first-order valence-electron chi connectivity index (χ1n) is 9.27. The van der Waals surface area contributed by atoms with Crippen LogP contribution in [0.4, 0.5) is 5.69 Å². The van der Waals surface area contributed by atoms with Crippen LogP contribution in [0.5, 0.6) is 5.75 Å². The number of rotatable bonds is 4. The SMILES string of the molecule is c1ccc(N2CCOCC2)c(CNC2CCCOc3ccccc32)c1. The van der Waals surface area contributed by atoms with Gasteiger partial charge in [0.1, 0.15) is 5.75 Å². The Morgan fingerprint density at radius 3 is 2.68 bits per heavy atom. The second-order valence-corrected chi connectivity index (χ2v) is 6.69. The molecule has 0 saturated carbocycles. The van der Waals surface area contributed by atoms with Crippen molar-refractivity contribution in [2.45, 2.75) is 25.4 Å². The normalized spacial score (nSPS) is 20.5. The van der Waals surface area contributed by atoms with Crippen LogP contribution >= 0.6 is 0 Å². The summed E-state index contributed by atoms with van der Waals surface area (Å²) in [5.41, 5.74) is 3.97. The molecule has 0 spiro atoms. The third kappa shape index (κ3) is 3.80. The summed E-state index contributed by atoms with van der Waals surface area (Å²) in [4.78, 5) is 2.44. The van der Waals surface area contributed by atoms with E-state index in [2.05, 4.69) is 58.7 Å². The molecule has 2 heterocycles. The van der Waals surface area contributed by atoms with Crippen molar-refractivity contribution >= 4 is 5.69 Å². The smallest absolute Gasteiger partial charge is 0.124 e. The van der Waals surface area contributed by atoms with E-state index in [-0.39, 0.29) is 0 Å². The number of anilines is 1. The highest BCUT2D eigenvalue weighted by molar-refractivity contribution is 5.54. The van der Waals surface area contributed by atoms with E-state index in [0.717, 1.165) is 58.0 Å². The van der Waals surface area contributed by atoms with Crippen LogP contribution in [0.2, 0.25) is 0 Å². The number of fused-ring (bicyclic) bond motifs is 1. The van der Waals surface area contributed by atoms with E-state index in [1.807, 2.05) is 0 Å². The highest BCUT2D eigenvalue weighted by Gasteiger charge is 2.20. The molecular weight excluding hydrogens is 312 g/mol. The van der Waals surface area contributed by atoms with Gasteiger partial charge in [-0.15, -0.1) is 0 Å². The molecule has 1 unspecified atom stereocenters. The molecular formula is C21H26N2O2. The summed E-state index contributed by atoms with van der Waals surface area (Å²) in [7, 11) is 0. The zero-order valence-electron chi connectivity index (χ0n) is 14.6. The third-order valence-electron chi connectivity index (χ3n) is 5.07. The van der Waals surface area contributed by atoms with Gasteiger partial charge in [0.15, 0.2) is 0 Å². The average molecular weight is 338 g/mol. The van der Waals surface area contributed by atoms with Gasteiger partial charge in [-0.3, -0.25) is 0 Å². The van der Waals surface area contributed by atoms with Crippen molar-refractivity contribution in [3.8, 4) is 5.75 Å². The lowest BCUT2D eigenvalue weighted by Gasteiger charge is -2.31. The Hall–Kier alpha value is -2.04. The molecule has 0 bridgehead atoms. The third-order valence-corrected chi connectivity index (χ3v) is 5.07. The maximum Gasteiger partial charge on any atom is 0.124 e. The average Bonchev–Trinajstić information content (AvgIpc) is 2.89. The number of para-hydroxylation sites is 2. The molecule has 1 saturated heterocycles. The van der Waals surface area contributed by atoms with Gasteiger partial charge in [0.25, 0.3) is 0 Å². The number of morpholine rings is 1. The number of benzene rings is 2. The van der Waals surface area contributed by atoms with Crippen LogP contribution in [-0.4, -0.2) is 32.9 Å². The van der Waals surface area contributed by atoms with E-state index in [1.54, 1.807) is 0 Å². The van der Waals surface area contributed by atoms with Gasteiger partial charge in [0, 0.05) is 36.9 Å². The Labute approximate surface area is 149 Å². The summed E-state index contributed by atoms with van der Waals surface area (Å²) >= 11 is 0. The largest absolute Gasteiger partial charge is 0.493 e. The molecule has 2 aliphatic rings. The summed E-state index contributed by atoms with van der Waals surface area (Å²) in [6, 6.07) is 17.5. The number of nitrogens with zero attached hydrogens (tertiary/aromatic N) is 1. The van der Waals surface area contributed by atoms with Crippen molar-refractivity contribution < 1.29 is 9.47 Å². The fraction of sp³-hybridized carbons (Fsp3) is 0.429. The van der Waals surface area contributed by atoms with Crippen molar-refractivity contribution in [3.63, 3.8) is 0 Å². The number of ether oxygens (including phenoxy) is 2. The van der Waals surface area contributed by atoms with Crippen molar-refractivity contribution in [2.24, 2.45) is 0 Å². The maximum atomic E-state index is 5.89. The topological polar surface area (TPSA) is 33.7 Å². The molecule has 0 aromatic heterocycles. The minimum atomic E-state index is 0.344. The van der Waals surface area contributed by atoms with Gasteiger partial charge in [-0.1, -0.05) is 36.4 Å².